The minimum Gasteiger partial charge on any atom is -0.381 e. The number of aryl methyl sites for hydroxylation is 1. The lowest BCUT2D eigenvalue weighted by Gasteiger charge is -2.22. The van der Waals surface area contributed by atoms with E-state index >= 15 is 0 Å². The highest BCUT2D eigenvalue weighted by atomic mass is 35.5. The molecular weight excluding hydrogens is 230 g/mol. The van der Waals surface area contributed by atoms with E-state index in [0.717, 1.165) is 23.0 Å². The van der Waals surface area contributed by atoms with E-state index in [1.54, 1.807) is 0 Å². The van der Waals surface area contributed by atoms with E-state index in [2.05, 4.69) is 39.1 Å². The first-order chi connectivity index (χ1) is 8.06. The van der Waals surface area contributed by atoms with Crippen LogP contribution in [-0.4, -0.2) is 6.04 Å². The summed E-state index contributed by atoms with van der Waals surface area (Å²) in [6.07, 6.45) is 3.58. The molecule has 96 valence electrons. The van der Waals surface area contributed by atoms with Crippen LogP contribution < -0.4 is 5.32 Å². The number of benzene rings is 1. The van der Waals surface area contributed by atoms with Gasteiger partial charge in [-0.3, -0.25) is 0 Å². The van der Waals surface area contributed by atoms with Gasteiger partial charge in [-0.25, -0.2) is 0 Å². The van der Waals surface area contributed by atoms with Crippen LogP contribution in [0.2, 0.25) is 5.02 Å². The van der Waals surface area contributed by atoms with Crippen molar-refractivity contribution in [3.05, 3.63) is 28.8 Å². The number of rotatable bonds is 6. The van der Waals surface area contributed by atoms with Crippen LogP contribution in [0.25, 0.3) is 0 Å². The number of anilines is 1. The predicted molar refractivity (Wildman–Crippen MR) is 78.0 cm³/mol. The summed E-state index contributed by atoms with van der Waals surface area (Å²) in [7, 11) is 0. The maximum Gasteiger partial charge on any atom is 0.0637 e. The summed E-state index contributed by atoms with van der Waals surface area (Å²) in [6, 6.07) is 6.66. The van der Waals surface area contributed by atoms with E-state index in [-0.39, 0.29) is 0 Å². The molecule has 0 aliphatic heterocycles. The lowest BCUT2D eigenvalue weighted by molar-refractivity contribution is 0.462. The molecule has 0 aliphatic rings. The summed E-state index contributed by atoms with van der Waals surface area (Å²) < 4.78 is 0. The first-order valence-corrected chi connectivity index (χ1v) is 6.97. The normalized spacial score (nSPS) is 14.4. The molecule has 0 aromatic heterocycles. The standard InChI is InChI=1S/C15H24ClN/c1-5-11(3)9-13(6-2)17-15-10-12(4)7-8-14(15)16/h7-8,10-11,13,17H,5-6,9H2,1-4H3. The minimum atomic E-state index is 0.518. The Morgan fingerprint density at radius 1 is 1.24 bits per heavy atom. The topological polar surface area (TPSA) is 12.0 Å². The van der Waals surface area contributed by atoms with Crippen molar-refractivity contribution in [3.8, 4) is 0 Å². The van der Waals surface area contributed by atoms with E-state index in [4.69, 9.17) is 11.6 Å². The van der Waals surface area contributed by atoms with Gasteiger partial charge in [-0.2, -0.15) is 0 Å². The smallest absolute Gasteiger partial charge is 0.0637 e. The van der Waals surface area contributed by atoms with Crippen LogP contribution in [0.1, 0.15) is 45.6 Å². The highest BCUT2D eigenvalue weighted by molar-refractivity contribution is 6.33. The third kappa shape index (κ3) is 4.59. The SMILES string of the molecule is CCC(C)CC(CC)Nc1cc(C)ccc1Cl. The molecule has 0 amide bonds. The molecule has 0 fully saturated rings. The van der Waals surface area contributed by atoms with Crippen molar-refractivity contribution in [1.82, 2.24) is 0 Å². The molecule has 1 aromatic carbocycles. The zero-order chi connectivity index (χ0) is 12.8. The van der Waals surface area contributed by atoms with E-state index in [1.807, 2.05) is 12.1 Å². The maximum absolute atomic E-state index is 6.21. The van der Waals surface area contributed by atoms with Crippen LogP contribution in [-0.2, 0) is 0 Å². The molecule has 0 bridgehead atoms. The van der Waals surface area contributed by atoms with Gasteiger partial charge in [0.05, 0.1) is 10.7 Å². The van der Waals surface area contributed by atoms with E-state index in [1.165, 1.54) is 18.4 Å². The van der Waals surface area contributed by atoms with E-state index < -0.39 is 0 Å². The van der Waals surface area contributed by atoms with Crippen molar-refractivity contribution in [3.63, 3.8) is 0 Å². The second-order valence-electron chi connectivity index (χ2n) is 4.98. The van der Waals surface area contributed by atoms with Crippen molar-refractivity contribution < 1.29 is 0 Å². The Balaban J connectivity index is 2.69. The van der Waals surface area contributed by atoms with Crippen molar-refractivity contribution in [2.24, 2.45) is 5.92 Å². The van der Waals surface area contributed by atoms with Crippen molar-refractivity contribution in [1.29, 1.82) is 0 Å². The van der Waals surface area contributed by atoms with E-state index in [9.17, 15) is 0 Å². The summed E-state index contributed by atoms with van der Waals surface area (Å²) in [5.74, 6) is 0.760. The van der Waals surface area contributed by atoms with Gasteiger partial charge in [0.25, 0.3) is 0 Å². The highest BCUT2D eigenvalue weighted by Gasteiger charge is 2.11. The lowest BCUT2D eigenvalue weighted by atomic mass is 9.97. The van der Waals surface area contributed by atoms with Gasteiger partial charge in [0.15, 0.2) is 0 Å². The highest BCUT2D eigenvalue weighted by Crippen LogP contribution is 2.25. The Labute approximate surface area is 111 Å². The number of halogens is 1. The fourth-order valence-electron chi connectivity index (χ4n) is 1.95. The average Bonchev–Trinajstić information content (AvgIpc) is 2.32. The molecule has 0 saturated carbocycles. The van der Waals surface area contributed by atoms with Crippen LogP contribution >= 0.6 is 11.6 Å². The van der Waals surface area contributed by atoms with Crippen LogP contribution in [0.5, 0.6) is 0 Å². The molecule has 17 heavy (non-hydrogen) atoms. The second kappa shape index (κ2) is 6.90. The molecule has 0 radical (unpaired) electrons. The molecule has 1 N–H and O–H groups in total. The molecule has 1 aromatic rings. The molecule has 0 saturated heterocycles. The summed E-state index contributed by atoms with van der Waals surface area (Å²) in [4.78, 5) is 0. The monoisotopic (exact) mass is 253 g/mol. The average molecular weight is 254 g/mol. The Kier molecular flexibility index (Phi) is 5.84. The van der Waals surface area contributed by atoms with Gasteiger partial charge in [-0.15, -0.1) is 0 Å². The van der Waals surface area contributed by atoms with Crippen molar-refractivity contribution >= 4 is 17.3 Å². The van der Waals surface area contributed by atoms with Crippen molar-refractivity contribution in [2.45, 2.75) is 53.0 Å². The number of hydrogen-bond donors (Lipinski definition) is 1. The molecule has 2 unspecified atom stereocenters. The zero-order valence-electron chi connectivity index (χ0n) is 11.4. The first-order valence-electron chi connectivity index (χ1n) is 6.59. The molecule has 0 heterocycles. The molecule has 2 heteroatoms. The van der Waals surface area contributed by atoms with E-state index in [0.29, 0.717) is 6.04 Å². The molecule has 1 rings (SSSR count). The van der Waals surface area contributed by atoms with Gasteiger partial charge in [-0.05, 0) is 43.4 Å². The quantitative estimate of drug-likeness (QED) is 0.728. The van der Waals surface area contributed by atoms with Crippen LogP contribution in [0.15, 0.2) is 18.2 Å². The molecular formula is C15H24ClN. The lowest BCUT2D eigenvalue weighted by Crippen LogP contribution is -2.21. The number of nitrogens with one attached hydrogen (secondary N) is 1. The molecule has 2 atom stereocenters. The number of hydrogen-bond acceptors (Lipinski definition) is 1. The van der Waals surface area contributed by atoms with Gasteiger partial charge < -0.3 is 5.32 Å². The first kappa shape index (κ1) is 14.4. The summed E-state index contributed by atoms with van der Waals surface area (Å²) >= 11 is 6.21. The summed E-state index contributed by atoms with van der Waals surface area (Å²) in [6.45, 7) is 8.88. The minimum absolute atomic E-state index is 0.518. The molecule has 0 aliphatic carbocycles. The molecule has 0 spiro atoms. The van der Waals surface area contributed by atoms with Gasteiger partial charge in [0.1, 0.15) is 0 Å². The van der Waals surface area contributed by atoms with Gasteiger partial charge in [0.2, 0.25) is 0 Å². The van der Waals surface area contributed by atoms with Crippen LogP contribution in [0.3, 0.4) is 0 Å². The largest absolute Gasteiger partial charge is 0.381 e. The summed E-state index contributed by atoms with van der Waals surface area (Å²) in [5.41, 5.74) is 2.32. The third-order valence-electron chi connectivity index (χ3n) is 3.36. The molecule has 1 nitrogen and oxygen atoms in total. The third-order valence-corrected chi connectivity index (χ3v) is 3.69. The zero-order valence-corrected chi connectivity index (χ0v) is 12.1. The predicted octanol–water partition coefficient (Wildman–Crippen LogP) is 5.28. The van der Waals surface area contributed by atoms with Gasteiger partial charge in [0, 0.05) is 6.04 Å². The van der Waals surface area contributed by atoms with Gasteiger partial charge >= 0.3 is 0 Å². The van der Waals surface area contributed by atoms with Crippen molar-refractivity contribution in [2.75, 3.05) is 5.32 Å². The Hall–Kier alpha value is -0.690. The fraction of sp³-hybridized carbons (Fsp3) is 0.600. The van der Waals surface area contributed by atoms with Crippen LogP contribution in [0, 0.1) is 12.8 Å². The Morgan fingerprint density at radius 3 is 2.53 bits per heavy atom. The maximum atomic E-state index is 6.21. The Morgan fingerprint density at radius 2 is 1.94 bits per heavy atom. The summed E-state index contributed by atoms with van der Waals surface area (Å²) in [5, 5.41) is 4.39. The second-order valence-corrected chi connectivity index (χ2v) is 5.39. The fourth-order valence-corrected chi connectivity index (χ4v) is 2.12. The Bertz CT molecular complexity index is 349. The van der Waals surface area contributed by atoms with Gasteiger partial charge in [-0.1, -0.05) is 44.9 Å². The van der Waals surface area contributed by atoms with Crippen LogP contribution in [0.4, 0.5) is 5.69 Å².